The molecule has 1 fully saturated rings. The Labute approximate surface area is 130 Å². The third-order valence-electron chi connectivity index (χ3n) is 4.10. The van der Waals surface area contributed by atoms with Crippen molar-refractivity contribution in [3.8, 4) is 5.75 Å². The number of pyridine rings is 1. The standard InChI is InChI=1S/C18H20N2O2/c1-12-7-8-19-9-16(12)18(21)20-10-15(11-20)22-17-13(2)5-4-6-14(17)3/h4-9,15H,10-11H2,1-3H3. The molecule has 1 saturated heterocycles. The fourth-order valence-corrected chi connectivity index (χ4v) is 2.69. The van der Waals surface area contributed by atoms with Crippen LogP contribution in [-0.2, 0) is 0 Å². The van der Waals surface area contributed by atoms with Gasteiger partial charge in [0.25, 0.3) is 5.91 Å². The van der Waals surface area contributed by atoms with Gasteiger partial charge in [-0.1, -0.05) is 18.2 Å². The second-order valence-electron chi connectivity index (χ2n) is 5.86. The van der Waals surface area contributed by atoms with Crippen LogP contribution >= 0.6 is 0 Å². The maximum absolute atomic E-state index is 12.4. The number of aromatic nitrogens is 1. The number of amides is 1. The number of nitrogens with zero attached hydrogens (tertiary/aromatic N) is 2. The second kappa shape index (κ2) is 5.79. The number of benzene rings is 1. The summed E-state index contributed by atoms with van der Waals surface area (Å²) in [5.74, 6) is 0.976. The van der Waals surface area contributed by atoms with Crippen LogP contribution in [0.2, 0.25) is 0 Å². The Hall–Kier alpha value is -2.36. The van der Waals surface area contributed by atoms with Crippen molar-refractivity contribution in [3.63, 3.8) is 0 Å². The van der Waals surface area contributed by atoms with E-state index in [-0.39, 0.29) is 12.0 Å². The number of carbonyl (C=O) groups excluding carboxylic acids is 1. The molecule has 1 amide bonds. The zero-order valence-corrected chi connectivity index (χ0v) is 13.2. The highest BCUT2D eigenvalue weighted by Crippen LogP contribution is 2.26. The minimum atomic E-state index is 0.0342. The van der Waals surface area contributed by atoms with E-state index in [1.54, 1.807) is 12.4 Å². The van der Waals surface area contributed by atoms with E-state index in [1.165, 1.54) is 0 Å². The van der Waals surface area contributed by atoms with E-state index in [0.29, 0.717) is 18.7 Å². The molecular formula is C18H20N2O2. The number of aryl methyl sites for hydroxylation is 3. The molecule has 22 heavy (non-hydrogen) atoms. The Morgan fingerprint density at radius 1 is 1.14 bits per heavy atom. The van der Waals surface area contributed by atoms with Crippen LogP contribution in [-0.4, -0.2) is 35.0 Å². The van der Waals surface area contributed by atoms with Crippen molar-refractivity contribution in [3.05, 3.63) is 58.9 Å². The minimum Gasteiger partial charge on any atom is -0.486 e. The van der Waals surface area contributed by atoms with Crippen molar-refractivity contribution in [2.24, 2.45) is 0 Å². The zero-order valence-electron chi connectivity index (χ0n) is 13.2. The molecule has 2 heterocycles. The molecular weight excluding hydrogens is 276 g/mol. The number of rotatable bonds is 3. The summed E-state index contributed by atoms with van der Waals surface area (Å²) in [6.07, 6.45) is 3.41. The van der Waals surface area contributed by atoms with Crippen molar-refractivity contribution < 1.29 is 9.53 Å². The van der Waals surface area contributed by atoms with E-state index in [2.05, 4.69) is 4.98 Å². The molecule has 0 aliphatic carbocycles. The van der Waals surface area contributed by atoms with E-state index in [1.807, 2.05) is 49.9 Å². The summed E-state index contributed by atoms with van der Waals surface area (Å²) in [5.41, 5.74) is 3.90. The molecule has 1 aromatic heterocycles. The molecule has 0 unspecified atom stereocenters. The lowest BCUT2D eigenvalue weighted by Gasteiger charge is -2.39. The summed E-state index contributed by atoms with van der Waals surface area (Å²) in [6.45, 7) is 7.27. The molecule has 0 atom stereocenters. The second-order valence-corrected chi connectivity index (χ2v) is 5.86. The van der Waals surface area contributed by atoms with Gasteiger partial charge in [-0.15, -0.1) is 0 Å². The lowest BCUT2D eigenvalue weighted by Crippen LogP contribution is -2.56. The van der Waals surface area contributed by atoms with Crippen LogP contribution in [0.25, 0.3) is 0 Å². The third-order valence-corrected chi connectivity index (χ3v) is 4.10. The first-order chi connectivity index (χ1) is 10.6. The number of para-hydroxylation sites is 1. The van der Waals surface area contributed by atoms with Gasteiger partial charge in [-0.05, 0) is 43.5 Å². The van der Waals surface area contributed by atoms with E-state index < -0.39 is 0 Å². The highest BCUT2D eigenvalue weighted by atomic mass is 16.5. The number of likely N-dealkylation sites (tertiary alicyclic amines) is 1. The number of hydrogen-bond acceptors (Lipinski definition) is 3. The van der Waals surface area contributed by atoms with Crippen LogP contribution in [0.1, 0.15) is 27.0 Å². The van der Waals surface area contributed by atoms with Gasteiger partial charge in [-0.3, -0.25) is 9.78 Å². The predicted molar refractivity (Wildman–Crippen MR) is 85.2 cm³/mol. The van der Waals surface area contributed by atoms with E-state index >= 15 is 0 Å². The monoisotopic (exact) mass is 296 g/mol. The van der Waals surface area contributed by atoms with Crippen LogP contribution in [0.5, 0.6) is 5.75 Å². The van der Waals surface area contributed by atoms with Crippen molar-refractivity contribution in [1.82, 2.24) is 9.88 Å². The highest BCUT2D eigenvalue weighted by Gasteiger charge is 2.33. The largest absolute Gasteiger partial charge is 0.486 e. The molecule has 114 valence electrons. The van der Waals surface area contributed by atoms with Gasteiger partial charge in [0.15, 0.2) is 0 Å². The molecule has 0 bridgehead atoms. The van der Waals surface area contributed by atoms with Gasteiger partial charge in [-0.2, -0.15) is 0 Å². The van der Waals surface area contributed by atoms with Crippen LogP contribution in [0.3, 0.4) is 0 Å². The molecule has 4 heteroatoms. The van der Waals surface area contributed by atoms with Crippen LogP contribution in [0.15, 0.2) is 36.7 Å². The molecule has 0 spiro atoms. The zero-order chi connectivity index (χ0) is 15.7. The van der Waals surface area contributed by atoms with E-state index in [0.717, 1.165) is 22.4 Å². The molecule has 3 rings (SSSR count). The summed E-state index contributed by atoms with van der Waals surface area (Å²) in [5, 5.41) is 0. The third kappa shape index (κ3) is 2.69. The lowest BCUT2D eigenvalue weighted by molar-refractivity contribution is 0.0172. The van der Waals surface area contributed by atoms with Gasteiger partial charge in [0.1, 0.15) is 11.9 Å². The maximum Gasteiger partial charge on any atom is 0.255 e. The van der Waals surface area contributed by atoms with Gasteiger partial charge < -0.3 is 9.64 Å². The summed E-state index contributed by atoms with van der Waals surface area (Å²) in [6, 6.07) is 7.98. The smallest absolute Gasteiger partial charge is 0.255 e. The Morgan fingerprint density at radius 2 is 1.82 bits per heavy atom. The maximum atomic E-state index is 12.4. The average Bonchev–Trinajstić information content (AvgIpc) is 2.45. The summed E-state index contributed by atoms with van der Waals surface area (Å²) in [4.78, 5) is 18.3. The van der Waals surface area contributed by atoms with Crippen LogP contribution < -0.4 is 4.74 Å². The van der Waals surface area contributed by atoms with E-state index in [4.69, 9.17) is 4.74 Å². The van der Waals surface area contributed by atoms with Crippen molar-refractivity contribution >= 4 is 5.91 Å². The van der Waals surface area contributed by atoms with Gasteiger partial charge in [0, 0.05) is 12.4 Å². The molecule has 2 aromatic rings. The molecule has 1 aliphatic heterocycles. The fraction of sp³-hybridized carbons (Fsp3) is 0.333. The Kier molecular flexibility index (Phi) is 3.84. The first-order valence-corrected chi connectivity index (χ1v) is 7.49. The average molecular weight is 296 g/mol. The minimum absolute atomic E-state index is 0.0342. The summed E-state index contributed by atoms with van der Waals surface area (Å²) >= 11 is 0. The predicted octanol–water partition coefficient (Wildman–Crippen LogP) is 2.91. The highest BCUT2D eigenvalue weighted by molar-refractivity contribution is 5.95. The van der Waals surface area contributed by atoms with Crippen LogP contribution in [0, 0.1) is 20.8 Å². The molecule has 0 radical (unpaired) electrons. The topological polar surface area (TPSA) is 42.4 Å². The fourth-order valence-electron chi connectivity index (χ4n) is 2.69. The molecule has 0 N–H and O–H groups in total. The Balaban J connectivity index is 1.63. The van der Waals surface area contributed by atoms with E-state index in [9.17, 15) is 4.79 Å². The summed E-state index contributed by atoms with van der Waals surface area (Å²) < 4.78 is 6.05. The molecule has 1 aliphatic rings. The Morgan fingerprint density at radius 3 is 2.45 bits per heavy atom. The van der Waals surface area contributed by atoms with Gasteiger partial charge in [-0.25, -0.2) is 0 Å². The molecule has 4 nitrogen and oxygen atoms in total. The normalized spacial score (nSPS) is 14.6. The van der Waals surface area contributed by atoms with Gasteiger partial charge in [0.05, 0.1) is 18.7 Å². The van der Waals surface area contributed by atoms with Crippen molar-refractivity contribution in [2.75, 3.05) is 13.1 Å². The number of ether oxygens (including phenoxy) is 1. The van der Waals surface area contributed by atoms with Crippen LogP contribution in [0.4, 0.5) is 0 Å². The Bertz CT molecular complexity index is 686. The first-order valence-electron chi connectivity index (χ1n) is 7.49. The van der Waals surface area contributed by atoms with Gasteiger partial charge >= 0.3 is 0 Å². The lowest BCUT2D eigenvalue weighted by atomic mass is 10.1. The summed E-state index contributed by atoms with van der Waals surface area (Å²) in [7, 11) is 0. The van der Waals surface area contributed by atoms with Gasteiger partial charge in [0.2, 0.25) is 0 Å². The SMILES string of the molecule is Cc1ccncc1C(=O)N1CC(Oc2c(C)cccc2C)C1. The first kappa shape index (κ1) is 14.6. The molecule has 1 aromatic carbocycles. The quantitative estimate of drug-likeness (QED) is 0.874. The number of hydrogen-bond donors (Lipinski definition) is 0. The van der Waals surface area contributed by atoms with Crippen molar-refractivity contribution in [2.45, 2.75) is 26.9 Å². The van der Waals surface area contributed by atoms with Crippen molar-refractivity contribution in [1.29, 1.82) is 0 Å². The number of carbonyl (C=O) groups is 1. The molecule has 0 saturated carbocycles.